The van der Waals surface area contributed by atoms with Crippen molar-refractivity contribution in [2.45, 2.75) is 44.6 Å². The molecule has 2 saturated heterocycles. The van der Waals surface area contributed by atoms with Crippen molar-refractivity contribution < 1.29 is 17.9 Å². The van der Waals surface area contributed by atoms with Gasteiger partial charge in [0.25, 0.3) is 0 Å². The van der Waals surface area contributed by atoms with Crippen LogP contribution in [0.4, 0.5) is 11.4 Å². The van der Waals surface area contributed by atoms with Gasteiger partial charge < -0.3 is 10.1 Å². The average molecular weight is 352 g/mol. The molecule has 1 amide bonds. The van der Waals surface area contributed by atoms with E-state index in [2.05, 4.69) is 5.32 Å². The third kappa shape index (κ3) is 4.27. The number of hydrogen-bond donors (Lipinski definition) is 1. The molecular weight excluding hydrogens is 328 g/mol. The van der Waals surface area contributed by atoms with E-state index in [-0.39, 0.29) is 17.8 Å². The molecule has 132 valence electrons. The molecule has 2 heterocycles. The van der Waals surface area contributed by atoms with E-state index in [1.807, 2.05) is 0 Å². The van der Waals surface area contributed by atoms with Gasteiger partial charge in [-0.1, -0.05) is 6.07 Å². The normalized spacial score (nSPS) is 23.7. The minimum Gasteiger partial charge on any atom is -0.378 e. The lowest BCUT2D eigenvalue weighted by Crippen LogP contribution is -2.37. The summed E-state index contributed by atoms with van der Waals surface area (Å²) in [5, 5.41) is 2.86. The summed E-state index contributed by atoms with van der Waals surface area (Å²) in [6.45, 7) is 1.22. The van der Waals surface area contributed by atoms with E-state index in [4.69, 9.17) is 4.74 Å². The fourth-order valence-electron chi connectivity index (χ4n) is 3.20. The van der Waals surface area contributed by atoms with Crippen LogP contribution in [0, 0.1) is 0 Å². The van der Waals surface area contributed by atoms with Crippen molar-refractivity contribution in [3.63, 3.8) is 0 Å². The van der Waals surface area contributed by atoms with Gasteiger partial charge in [-0.05, 0) is 50.3 Å². The highest BCUT2D eigenvalue weighted by atomic mass is 32.2. The Morgan fingerprint density at radius 2 is 2.12 bits per heavy atom. The zero-order valence-corrected chi connectivity index (χ0v) is 14.6. The van der Waals surface area contributed by atoms with Gasteiger partial charge in [0.05, 0.1) is 24.0 Å². The molecule has 0 aromatic heterocycles. The van der Waals surface area contributed by atoms with E-state index in [1.54, 1.807) is 24.3 Å². The largest absolute Gasteiger partial charge is 0.378 e. The molecule has 1 aromatic rings. The number of anilines is 2. The first-order chi connectivity index (χ1) is 11.5. The van der Waals surface area contributed by atoms with Crippen molar-refractivity contribution in [3.05, 3.63) is 24.3 Å². The number of carbonyl (C=O) groups excluding carboxylic acids is 1. The van der Waals surface area contributed by atoms with Crippen LogP contribution in [0.2, 0.25) is 0 Å². The number of sulfonamides is 1. The molecule has 1 N–H and O–H groups in total. The van der Waals surface area contributed by atoms with Gasteiger partial charge in [-0.3, -0.25) is 9.10 Å². The number of rotatable bonds is 4. The second-order valence-corrected chi connectivity index (χ2v) is 8.40. The van der Waals surface area contributed by atoms with Crippen LogP contribution in [0.15, 0.2) is 24.3 Å². The topological polar surface area (TPSA) is 75.7 Å². The Kier molecular flexibility index (Phi) is 5.40. The quantitative estimate of drug-likeness (QED) is 0.903. The number of benzene rings is 1. The highest BCUT2D eigenvalue weighted by molar-refractivity contribution is 7.92. The van der Waals surface area contributed by atoms with Crippen LogP contribution in [0.1, 0.15) is 38.5 Å². The lowest BCUT2D eigenvalue weighted by atomic mass is 10.1. The Balaban J connectivity index is 1.65. The van der Waals surface area contributed by atoms with Crippen molar-refractivity contribution in [3.8, 4) is 0 Å². The summed E-state index contributed by atoms with van der Waals surface area (Å²) in [7, 11) is -3.24. The smallest absolute Gasteiger partial charge is 0.235 e. The van der Waals surface area contributed by atoms with Gasteiger partial charge in [-0.2, -0.15) is 0 Å². The summed E-state index contributed by atoms with van der Waals surface area (Å²) in [5.41, 5.74) is 1.23. The maximum Gasteiger partial charge on any atom is 0.235 e. The molecule has 1 aromatic carbocycles. The van der Waals surface area contributed by atoms with Gasteiger partial charge in [0.2, 0.25) is 15.9 Å². The predicted octanol–water partition coefficient (Wildman–Crippen LogP) is 2.51. The minimum atomic E-state index is -3.24. The summed E-state index contributed by atoms with van der Waals surface area (Å²) in [6, 6.07) is 7.04. The van der Waals surface area contributed by atoms with E-state index >= 15 is 0 Å². The molecule has 24 heavy (non-hydrogen) atoms. The van der Waals surface area contributed by atoms with Gasteiger partial charge in [0.15, 0.2) is 0 Å². The van der Waals surface area contributed by atoms with Gasteiger partial charge in [0.1, 0.15) is 0 Å². The fourth-order valence-corrected chi connectivity index (χ4v) is 4.84. The monoisotopic (exact) mass is 352 g/mol. The van der Waals surface area contributed by atoms with Crippen LogP contribution in [0.5, 0.6) is 0 Å². The number of nitrogens with one attached hydrogen (secondary N) is 1. The van der Waals surface area contributed by atoms with Gasteiger partial charge in [-0.25, -0.2) is 8.42 Å². The van der Waals surface area contributed by atoms with Crippen molar-refractivity contribution >= 4 is 27.3 Å². The third-order valence-corrected chi connectivity index (χ3v) is 6.32. The molecule has 1 unspecified atom stereocenters. The zero-order valence-electron chi connectivity index (χ0n) is 13.7. The number of amides is 1. The zero-order chi connectivity index (χ0) is 17.0. The number of carbonyl (C=O) groups is 1. The fraction of sp³-hybridized carbons (Fsp3) is 0.588. The molecule has 6 nitrogen and oxygen atoms in total. The molecule has 2 fully saturated rings. The molecule has 1 atom stereocenters. The first-order valence-electron chi connectivity index (χ1n) is 8.56. The Morgan fingerprint density at radius 3 is 2.88 bits per heavy atom. The standard InChI is InChI=1S/C17H24N2O4S/c20-17(13-16-8-1-3-10-23-16)18-14-6-5-7-15(12-14)19-9-2-4-11-24(19,21)22/h5-7,12,16H,1-4,8-11,13H2,(H,18,20). The van der Waals surface area contributed by atoms with E-state index < -0.39 is 10.0 Å². The van der Waals surface area contributed by atoms with E-state index in [0.29, 0.717) is 30.8 Å². The van der Waals surface area contributed by atoms with Crippen molar-refractivity contribution in [2.24, 2.45) is 0 Å². The third-order valence-electron chi connectivity index (χ3n) is 4.45. The second-order valence-electron chi connectivity index (χ2n) is 6.39. The van der Waals surface area contributed by atoms with Crippen molar-refractivity contribution in [1.82, 2.24) is 0 Å². The lowest BCUT2D eigenvalue weighted by molar-refractivity contribution is -0.119. The van der Waals surface area contributed by atoms with Crippen molar-refractivity contribution in [1.29, 1.82) is 0 Å². The maximum atomic E-state index is 12.2. The van der Waals surface area contributed by atoms with Gasteiger partial charge in [0, 0.05) is 18.8 Å². The average Bonchev–Trinajstić information content (AvgIpc) is 2.55. The van der Waals surface area contributed by atoms with Crippen molar-refractivity contribution in [2.75, 3.05) is 28.5 Å². The van der Waals surface area contributed by atoms with Gasteiger partial charge >= 0.3 is 0 Å². The summed E-state index contributed by atoms with van der Waals surface area (Å²) in [4.78, 5) is 12.2. The Hall–Kier alpha value is -1.60. The van der Waals surface area contributed by atoms with Crippen LogP contribution in [-0.4, -0.2) is 39.3 Å². The molecule has 0 radical (unpaired) electrons. The molecule has 0 aliphatic carbocycles. The summed E-state index contributed by atoms with van der Waals surface area (Å²) < 4.78 is 31.4. The molecule has 2 aliphatic heterocycles. The van der Waals surface area contributed by atoms with Crippen LogP contribution in [0.3, 0.4) is 0 Å². The molecule has 3 rings (SSSR count). The lowest BCUT2D eigenvalue weighted by Gasteiger charge is -2.28. The number of nitrogens with zero attached hydrogens (tertiary/aromatic N) is 1. The van der Waals surface area contributed by atoms with Crippen LogP contribution < -0.4 is 9.62 Å². The Morgan fingerprint density at radius 1 is 1.25 bits per heavy atom. The molecule has 7 heteroatoms. The maximum absolute atomic E-state index is 12.2. The van der Waals surface area contributed by atoms with Crippen LogP contribution in [-0.2, 0) is 19.6 Å². The van der Waals surface area contributed by atoms with E-state index in [9.17, 15) is 13.2 Å². The molecular formula is C17H24N2O4S. The first kappa shape index (κ1) is 17.2. The molecule has 0 spiro atoms. The Bertz CT molecular complexity index is 684. The number of hydrogen-bond acceptors (Lipinski definition) is 4. The molecule has 0 bridgehead atoms. The second kappa shape index (κ2) is 7.53. The highest BCUT2D eigenvalue weighted by Gasteiger charge is 2.26. The summed E-state index contributed by atoms with van der Waals surface area (Å²) in [5.74, 6) is 0.0864. The highest BCUT2D eigenvalue weighted by Crippen LogP contribution is 2.26. The van der Waals surface area contributed by atoms with E-state index in [1.165, 1.54) is 4.31 Å². The Labute approximate surface area is 143 Å². The molecule has 0 saturated carbocycles. The first-order valence-corrected chi connectivity index (χ1v) is 10.2. The van der Waals surface area contributed by atoms with Gasteiger partial charge in [-0.15, -0.1) is 0 Å². The van der Waals surface area contributed by atoms with E-state index in [0.717, 1.165) is 32.3 Å². The van der Waals surface area contributed by atoms with Crippen LogP contribution in [0.25, 0.3) is 0 Å². The summed E-state index contributed by atoms with van der Waals surface area (Å²) in [6.07, 6.45) is 4.96. The number of ether oxygens (including phenoxy) is 1. The summed E-state index contributed by atoms with van der Waals surface area (Å²) >= 11 is 0. The van der Waals surface area contributed by atoms with Crippen LogP contribution >= 0.6 is 0 Å². The predicted molar refractivity (Wildman–Crippen MR) is 93.6 cm³/mol. The molecule has 2 aliphatic rings. The SMILES string of the molecule is O=C(CC1CCCCO1)Nc1cccc(N2CCCCS2(=O)=O)c1. The minimum absolute atomic E-state index is 0.00981.